The maximum absolute atomic E-state index is 3.79. The normalized spacial score (nSPS) is 14.2. The molecule has 1 nitrogen and oxygen atoms in total. The summed E-state index contributed by atoms with van der Waals surface area (Å²) in [6, 6.07) is 34.9. The van der Waals surface area contributed by atoms with Crippen molar-refractivity contribution in [3.63, 3.8) is 0 Å². The minimum Gasteiger partial charge on any atom is -0.353 e. The Morgan fingerprint density at radius 3 is 1.83 bits per heavy atom. The summed E-state index contributed by atoms with van der Waals surface area (Å²) in [6.45, 7) is 4.59. The van der Waals surface area contributed by atoms with E-state index in [0.29, 0.717) is 11.8 Å². The van der Waals surface area contributed by atoms with Crippen molar-refractivity contribution in [3.8, 4) is 0 Å². The van der Waals surface area contributed by atoms with E-state index in [-0.39, 0.29) is 0 Å². The van der Waals surface area contributed by atoms with Crippen LogP contribution in [0.25, 0.3) is 0 Å². The van der Waals surface area contributed by atoms with Gasteiger partial charge in [0.25, 0.3) is 0 Å². The minimum atomic E-state index is 0.335. The van der Waals surface area contributed by atoms with Gasteiger partial charge in [0.15, 0.2) is 0 Å². The molecule has 0 aliphatic carbocycles. The van der Waals surface area contributed by atoms with Crippen molar-refractivity contribution >= 4 is 23.1 Å². The van der Waals surface area contributed by atoms with E-state index in [1.54, 1.807) is 0 Å². The largest absolute Gasteiger partial charge is 0.353 e. The van der Waals surface area contributed by atoms with E-state index in [9.17, 15) is 0 Å². The molecule has 0 spiro atoms. The first-order valence-corrected chi connectivity index (χ1v) is 11.3. The Labute approximate surface area is 183 Å². The fraction of sp³-hybridized carbons (Fsp3) is 0.143. The van der Waals surface area contributed by atoms with Crippen molar-refractivity contribution in [2.45, 2.75) is 35.5 Å². The molecule has 1 aliphatic heterocycles. The van der Waals surface area contributed by atoms with E-state index < -0.39 is 0 Å². The predicted molar refractivity (Wildman–Crippen MR) is 128 cm³/mol. The fourth-order valence-electron chi connectivity index (χ4n) is 4.32. The van der Waals surface area contributed by atoms with E-state index in [0.717, 1.165) is 0 Å². The van der Waals surface area contributed by atoms with Gasteiger partial charge in [0.05, 0.1) is 11.4 Å². The highest BCUT2D eigenvalue weighted by Crippen LogP contribution is 2.50. The van der Waals surface area contributed by atoms with Crippen LogP contribution in [0, 0.1) is 0 Å². The highest BCUT2D eigenvalue weighted by molar-refractivity contribution is 7.99. The van der Waals surface area contributed by atoms with E-state index in [4.69, 9.17) is 0 Å². The van der Waals surface area contributed by atoms with Gasteiger partial charge in [0.2, 0.25) is 0 Å². The van der Waals surface area contributed by atoms with Gasteiger partial charge in [0.1, 0.15) is 0 Å². The number of fused-ring (bicyclic) bond motifs is 2. The van der Waals surface area contributed by atoms with Crippen LogP contribution in [0.4, 0.5) is 11.4 Å². The Morgan fingerprint density at radius 2 is 1.17 bits per heavy atom. The number of hydrogen-bond acceptors (Lipinski definition) is 2. The molecule has 0 saturated carbocycles. The van der Waals surface area contributed by atoms with Gasteiger partial charge in [0, 0.05) is 21.6 Å². The summed E-state index contributed by atoms with van der Waals surface area (Å²) >= 11 is 1.90. The van der Waals surface area contributed by atoms with Crippen LogP contribution in [0.5, 0.6) is 0 Å². The molecule has 0 saturated heterocycles. The van der Waals surface area contributed by atoms with Crippen molar-refractivity contribution in [3.05, 3.63) is 119 Å². The first-order valence-electron chi connectivity index (χ1n) is 10.5. The lowest BCUT2D eigenvalue weighted by molar-refractivity contribution is 0.891. The molecule has 1 N–H and O–H groups in total. The third-order valence-corrected chi connectivity index (χ3v) is 7.33. The molecule has 1 aliphatic rings. The van der Waals surface area contributed by atoms with Crippen LogP contribution in [0.2, 0.25) is 0 Å². The number of nitrogens with one attached hydrogen (secondary N) is 1. The smallest absolute Gasteiger partial charge is 0.0565 e. The van der Waals surface area contributed by atoms with Crippen molar-refractivity contribution in [1.29, 1.82) is 0 Å². The minimum absolute atomic E-state index is 0.335. The van der Waals surface area contributed by atoms with Gasteiger partial charge in [-0.1, -0.05) is 111 Å². The second-order valence-corrected chi connectivity index (χ2v) is 8.99. The van der Waals surface area contributed by atoms with Crippen LogP contribution in [0.3, 0.4) is 0 Å². The molecule has 2 heteroatoms. The number of hydrogen-bond donors (Lipinski definition) is 1. The lowest BCUT2D eigenvalue weighted by atomic mass is 9.91. The molecule has 0 radical (unpaired) electrons. The van der Waals surface area contributed by atoms with E-state index in [1.807, 2.05) is 11.8 Å². The molecule has 2 atom stereocenters. The highest BCUT2D eigenvalue weighted by atomic mass is 32.2. The Kier molecular flexibility index (Phi) is 5.10. The standard InChI is InChI=1S/C28H25NS/c1-19(21-11-5-3-6-12-21)23-15-10-18-26-27(23)29-25-17-9-16-24(28(25)30-26)20(2)22-13-7-4-8-14-22/h3-20,29H,1-2H3. The maximum Gasteiger partial charge on any atom is 0.0565 e. The zero-order valence-electron chi connectivity index (χ0n) is 17.3. The van der Waals surface area contributed by atoms with Crippen LogP contribution in [0.1, 0.15) is 47.9 Å². The number of rotatable bonds is 4. The molecule has 4 aromatic rings. The van der Waals surface area contributed by atoms with E-state index in [1.165, 1.54) is 43.4 Å². The van der Waals surface area contributed by atoms with Crippen molar-refractivity contribution in [2.24, 2.45) is 0 Å². The summed E-state index contributed by atoms with van der Waals surface area (Å²) in [6.07, 6.45) is 0. The third-order valence-electron chi connectivity index (χ3n) is 6.11. The number of benzene rings is 4. The van der Waals surface area contributed by atoms with Crippen LogP contribution < -0.4 is 5.32 Å². The molecule has 148 valence electrons. The molecule has 0 bridgehead atoms. The van der Waals surface area contributed by atoms with Crippen LogP contribution in [0.15, 0.2) is 107 Å². The molecule has 0 aromatic heterocycles. The Balaban J connectivity index is 1.54. The highest BCUT2D eigenvalue weighted by Gasteiger charge is 2.25. The topological polar surface area (TPSA) is 12.0 Å². The van der Waals surface area contributed by atoms with Crippen molar-refractivity contribution in [1.82, 2.24) is 0 Å². The Morgan fingerprint density at radius 1 is 0.600 bits per heavy atom. The van der Waals surface area contributed by atoms with Crippen LogP contribution in [-0.2, 0) is 0 Å². The molecule has 4 aromatic carbocycles. The predicted octanol–water partition coefficient (Wildman–Crippen LogP) is 8.20. The van der Waals surface area contributed by atoms with Gasteiger partial charge in [-0.15, -0.1) is 0 Å². The average molecular weight is 408 g/mol. The van der Waals surface area contributed by atoms with Crippen molar-refractivity contribution in [2.75, 3.05) is 5.32 Å². The van der Waals surface area contributed by atoms with Gasteiger partial charge in [-0.25, -0.2) is 0 Å². The van der Waals surface area contributed by atoms with Gasteiger partial charge in [-0.2, -0.15) is 0 Å². The second-order valence-electron chi connectivity index (χ2n) is 7.94. The second kappa shape index (κ2) is 8.04. The third kappa shape index (κ3) is 3.42. The van der Waals surface area contributed by atoms with Gasteiger partial charge in [-0.05, 0) is 34.4 Å². The zero-order valence-corrected chi connectivity index (χ0v) is 18.1. The zero-order chi connectivity index (χ0) is 20.5. The van der Waals surface area contributed by atoms with E-state index in [2.05, 4.69) is 116 Å². The lowest BCUT2D eigenvalue weighted by Gasteiger charge is -2.28. The fourth-order valence-corrected chi connectivity index (χ4v) is 5.55. The summed E-state index contributed by atoms with van der Waals surface area (Å²) in [5, 5.41) is 3.79. The summed E-state index contributed by atoms with van der Waals surface area (Å²) in [5.41, 5.74) is 7.87. The number of para-hydroxylation sites is 1. The summed E-state index contributed by atoms with van der Waals surface area (Å²) in [7, 11) is 0. The molecule has 2 unspecified atom stereocenters. The first-order chi connectivity index (χ1) is 14.7. The molecular weight excluding hydrogens is 382 g/mol. The quantitative estimate of drug-likeness (QED) is 0.322. The molecular formula is C28H25NS. The molecule has 0 amide bonds. The van der Waals surface area contributed by atoms with Gasteiger partial charge >= 0.3 is 0 Å². The molecule has 0 fully saturated rings. The summed E-state index contributed by atoms with van der Waals surface area (Å²) < 4.78 is 0. The van der Waals surface area contributed by atoms with Crippen LogP contribution >= 0.6 is 11.8 Å². The summed E-state index contributed by atoms with van der Waals surface area (Å²) in [4.78, 5) is 2.64. The van der Waals surface area contributed by atoms with Crippen LogP contribution in [-0.4, -0.2) is 0 Å². The lowest BCUT2D eigenvalue weighted by Crippen LogP contribution is -2.09. The Bertz CT molecular complexity index is 1070. The summed E-state index contributed by atoms with van der Waals surface area (Å²) in [5.74, 6) is 0.686. The Hall–Kier alpha value is -2.97. The van der Waals surface area contributed by atoms with E-state index >= 15 is 0 Å². The number of anilines is 2. The van der Waals surface area contributed by atoms with Gasteiger partial charge < -0.3 is 5.32 Å². The van der Waals surface area contributed by atoms with Crippen molar-refractivity contribution < 1.29 is 0 Å². The molecule has 30 heavy (non-hydrogen) atoms. The molecule has 1 heterocycles. The maximum atomic E-state index is 3.79. The van der Waals surface area contributed by atoms with Gasteiger partial charge in [-0.3, -0.25) is 0 Å². The SMILES string of the molecule is CC(c1ccccc1)c1cccc2c1Nc1cccc(C(C)c3ccccc3)c1S2. The first kappa shape index (κ1) is 19.0. The monoisotopic (exact) mass is 407 g/mol. The average Bonchev–Trinajstić information content (AvgIpc) is 2.82. The molecule has 5 rings (SSSR count).